The van der Waals surface area contributed by atoms with E-state index in [1.165, 1.54) is 5.56 Å². The molecule has 1 heterocycles. The molecule has 18 heavy (non-hydrogen) atoms. The van der Waals surface area contributed by atoms with Crippen molar-refractivity contribution in [1.82, 2.24) is 4.57 Å². The largest absolute Gasteiger partial charge is 0.419 e. The number of rotatable bonds is 6. The first kappa shape index (κ1) is 12.9. The summed E-state index contributed by atoms with van der Waals surface area (Å²) in [5, 5.41) is 0. The van der Waals surface area contributed by atoms with Crippen LogP contribution in [0.5, 0.6) is 0 Å². The fourth-order valence-corrected chi connectivity index (χ4v) is 2.18. The number of oxazole rings is 1. The first-order valence-electron chi connectivity index (χ1n) is 6.58. The molecule has 98 valence electrons. The van der Waals surface area contributed by atoms with E-state index in [9.17, 15) is 4.79 Å². The van der Waals surface area contributed by atoms with Gasteiger partial charge in [0.25, 0.3) is 0 Å². The Morgan fingerprint density at radius 3 is 2.89 bits per heavy atom. The third kappa shape index (κ3) is 2.64. The second-order valence-corrected chi connectivity index (χ2v) is 4.57. The summed E-state index contributed by atoms with van der Waals surface area (Å²) >= 11 is 0. The molecule has 0 radical (unpaired) electrons. The van der Waals surface area contributed by atoms with Crippen LogP contribution < -0.4 is 11.5 Å². The number of nitrogens with two attached hydrogens (primary N) is 1. The third-order valence-electron chi connectivity index (χ3n) is 3.10. The molecule has 0 bridgehead atoms. The molecule has 2 N–H and O–H groups in total. The molecular formula is C14H20N2O2. The minimum Gasteiger partial charge on any atom is -0.408 e. The Labute approximate surface area is 106 Å². The van der Waals surface area contributed by atoms with Crippen LogP contribution in [0.15, 0.2) is 27.4 Å². The van der Waals surface area contributed by atoms with E-state index in [4.69, 9.17) is 10.2 Å². The Hall–Kier alpha value is -1.55. The maximum atomic E-state index is 11.7. The number of benzene rings is 1. The van der Waals surface area contributed by atoms with Crippen molar-refractivity contribution in [3.05, 3.63) is 34.3 Å². The van der Waals surface area contributed by atoms with E-state index in [-0.39, 0.29) is 5.76 Å². The smallest absolute Gasteiger partial charge is 0.408 e. The normalized spacial score (nSPS) is 11.2. The monoisotopic (exact) mass is 248 g/mol. The first-order chi connectivity index (χ1) is 8.76. The number of aromatic nitrogens is 1. The molecule has 4 heteroatoms. The summed E-state index contributed by atoms with van der Waals surface area (Å²) in [5.41, 5.74) is 8.26. The quantitative estimate of drug-likeness (QED) is 0.798. The van der Waals surface area contributed by atoms with Crippen molar-refractivity contribution < 1.29 is 4.42 Å². The van der Waals surface area contributed by atoms with Crippen LogP contribution in [-0.4, -0.2) is 11.1 Å². The molecule has 1 aromatic heterocycles. The van der Waals surface area contributed by atoms with Gasteiger partial charge in [0, 0.05) is 6.54 Å². The highest BCUT2D eigenvalue weighted by Crippen LogP contribution is 2.16. The Morgan fingerprint density at radius 1 is 1.33 bits per heavy atom. The molecule has 0 saturated carbocycles. The highest BCUT2D eigenvalue weighted by Gasteiger charge is 2.08. The van der Waals surface area contributed by atoms with Crippen molar-refractivity contribution in [2.45, 2.75) is 39.2 Å². The molecule has 0 atom stereocenters. The van der Waals surface area contributed by atoms with Gasteiger partial charge in [-0.1, -0.05) is 13.0 Å². The Kier molecular flexibility index (Phi) is 4.20. The van der Waals surface area contributed by atoms with Gasteiger partial charge in [0.1, 0.15) is 0 Å². The number of nitrogens with zero attached hydrogens (tertiary/aromatic N) is 1. The number of hydrogen-bond donors (Lipinski definition) is 1. The molecule has 0 aliphatic rings. The second kappa shape index (κ2) is 5.87. The molecule has 0 saturated heterocycles. The van der Waals surface area contributed by atoms with Crippen molar-refractivity contribution in [2.75, 3.05) is 6.54 Å². The summed E-state index contributed by atoms with van der Waals surface area (Å²) in [6.45, 7) is 3.48. The number of hydrogen-bond acceptors (Lipinski definition) is 3. The van der Waals surface area contributed by atoms with Gasteiger partial charge in [-0.2, -0.15) is 0 Å². The zero-order valence-electron chi connectivity index (χ0n) is 10.8. The van der Waals surface area contributed by atoms with Crippen LogP contribution in [0.4, 0.5) is 0 Å². The Bertz CT molecular complexity index is 569. The number of unbranched alkanes of at least 4 members (excludes halogenated alkanes) is 1. The lowest BCUT2D eigenvalue weighted by Crippen LogP contribution is -2.13. The summed E-state index contributed by atoms with van der Waals surface area (Å²) in [4.78, 5) is 11.7. The van der Waals surface area contributed by atoms with Crippen molar-refractivity contribution in [3.63, 3.8) is 0 Å². The molecule has 0 amide bonds. The molecule has 2 aromatic rings. The Morgan fingerprint density at radius 2 is 2.17 bits per heavy atom. The van der Waals surface area contributed by atoms with Gasteiger partial charge < -0.3 is 10.2 Å². The molecule has 0 aliphatic heterocycles. The average Bonchev–Trinajstić information content (AvgIpc) is 2.66. The lowest BCUT2D eigenvalue weighted by molar-refractivity contribution is 0.502. The maximum Gasteiger partial charge on any atom is 0.419 e. The van der Waals surface area contributed by atoms with Crippen LogP contribution in [-0.2, 0) is 13.0 Å². The third-order valence-corrected chi connectivity index (χ3v) is 3.10. The van der Waals surface area contributed by atoms with E-state index in [1.807, 2.05) is 19.1 Å². The van der Waals surface area contributed by atoms with E-state index in [1.54, 1.807) is 4.57 Å². The SMILES string of the molecule is CCCn1c(=O)oc2cc(CCCCN)ccc21. The summed E-state index contributed by atoms with van der Waals surface area (Å²) in [6.07, 6.45) is 4.00. The van der Waals surface area contributed by atoms with Gasteiger partial charge in [-0.25, -0.2) is 4.79 Å². The fraction of sp³-hybridized carbons (Fsp3) is 0.500. The number of aryl methyl sites for hydroxylation is 2. The van der Waals surface area contributed by atoms with Gasteiger partial charge in [-0.15, -0.1) is 0 Å². The van der Waals surface area contributed by atoms with Crippen molar-refractivity contribution >= 4 is 11.1 Å². The van der Waals surface area contributed by atoms with Crippen LogP contribution in [0.3, 0.4) is 0 Å². The number of fused-ring (bicyclic) bond motifs is 1. The van der Waals surface area contributed by atoms with Crippen molar-refractivity contribution in [3.8, 4) is 0 Å². The fourth-order valence-electron chi connectivity index (χ4n) is 2.18. The first-order valence-corrected chi connectivity index (χ1v) is 6.58. The average molecular weight is 248 g/mol. The maximum absolute atomic E-state index is 11.7. The summed E-state index contributed by atoms with van der Waals surface area (Å²) in [5.74, 6) is -0.258. The van der Waals surface area contributed by atoms with Gasteiger partial charge in [0.2, 0.25) is 0 Å². The summed E-state index contributed by atoms with van der Waals surface area (Å²) in [7, 11) is 0. The van der Waals surface area contributed by atoms with Gasteiger partial charge in [0.15, 0.2) is 5.58 Å². The molecule has 1 aromatic carbocycles. The summed E-state index contributed by atoms with van der Waals surface area (Å²) < 4.78 is 6.97. The van der Waals surface area contributed by atoms with Crippen molar-refractivity contribution in [1.29, 1.82) is 0 Å². The minimum absolute atomic E-state index is 0.258. The summed E-state index contributed by atoms with van der Waals surface area (Å²) in [6, 6.07) is 6.02. The van der Waals surface area contributed by atoms with Crippen molar-refractivity contribution in [2.24, 2.45) is 5.73 Å². The lowest BCUT2D eigenvalue weighted by atomic mass is 10.1. The molecule has 4 nitrogen and oxygen atoms in total. The van der Waals surface area contributed by atoms with E-state index in [2.05, 4.69) is 6.07 Å². The van der Waals surface area contributed by atoms with Gasteiger partial charge in [-0.3, -0.25) is 4.57 Å². The predicted octanol–water partition coefficient (Wildman–Crippen LogP) is 2.29. The lowest BCUT2D eigenvalue weighted by Gasteiger charge is -2.01. The van der Waals surface area contributed by atoms with E-state index in [0.29, 0.717) is 12.1 Å². The van der Waals surface area contributed by atoms with Gasteiger partial charge in [-0.05, 0) is 49.9 Å². The zero-order valence-corrected chi connectivity index (χ0v) is 10.8. The van der Waals surface area contributed by atoms with Gasteiger partial charge in [0.05, 0.1) is 5.52 Å². The minimum atomic E-state index is -0.258. The molecular weight excluding hydrogens is 228 g/mol. The molecule has 0 aliphatic carbocycles. The van der Waals surface area contributed by atoms with Gasteiger partial charge >= 0.3 is 5.76 Å². The topological polar surface area (TPSA) is 61.2 Å². The van der Waals surface area contributed by atoms with Crippen LogP contribution in [0.2, 0.25) is 0 Å². The van der Waals surface area contributed by atoms with Crippen LogP contribution in [0, 0.1) is 0 Å². The standard InChI is InChI=1S/C14H20N2O2/c1-2-9-16-12-7-6-11(5-3-4-8-15)10-13(12)18-14(16)17/h6-7,10H,2-5,8-9,15H2,1H3. The Balaban J connectivity index is 2.27. The van der Waals surface area contributed by atoms with Crippen LogP contribution in [0.25, 0.3) is 11.1 Å². The second-order valence-electron chi connectivity index (χ2n) is 4.57. The highest BCUT2D eigenvalue weighted by molar-refractivity contribution is 5.73. The predicted molar refractivity (Wildman–Crippen MR) is 72.8 cm³/mol. The molecule has 0 spiro atoms. The van der Waals surface area contributed by atoms with Crippen LogP contribution in [0.1, 0.15) is 31.7 Å². The highest BCUT2D eigenvalue weighted by atomic mass is 16.4. The van der Waals surface area contributed by atoms with Crippen LogP contribution >= 0.6 is 0 Å². The molecule has 0 unspecified atom stereocenters. The molecule has 2 rings (SSSR count). The van der Waals surface area contributed by atoms with E-state index < -0.39 is 0 Å². The van der Waals surface area contributed by atoms with E-state index >= 15 is 0 Å². The van der Waals surface area contributed by atoms with E-state index in [0.717, 1.165) is 37.7 Å². The molecule has 0 fully saturated rings. The zero-order chi connectivity index (χ0) is 13.0.